The molecular weight excluding hydrogens is 397 g/mol. The lowest BCUT2D eigenvalue weighted by Crippen LogP contribution is -2.23. The predicted molar refractivity (Wildman–Crippen MR) is 87.0 cm³/mol. The number of allylic oxidation sites excluding steroid dienone is 1. The summed E-state index contributed by atoms with van der Waals surface area (Å²) in [4.78, 5) is 4.98. The maximum Gasteiger partial charge on any atom is 0.435 e. The first-order valence-electron chi connectivity index (χ1n) is 7.78. The Balaban J connectivity index is 2.17. The third kappa shape index (κ3) is 4.85. The Kier molecular flexibility index (Phi) is 5.69. The Morgan fingerprint density at radius 1 is 1.30 bits per heavy atom. The maximum atomic E-state index is 13.1. The van der Waals surface area contributed by atoms with Crippen LogP contribution in [0.3, 0.4) is 0 Å². The van der Waals surface area contributed by atoms with Crippen LogP contribution in [0.4, 0.5) is 22.0 Å². The van der Waals surface area contributed by atoms with Gasteiger partial charge in [0.25, 0.3) is 6.43 Å². The first-order chi connectivity index (χ1) is 12.2. The molecule has 0 amide bonds. The number of hydrogen-bond acceptors (Lipinski definition) is 5. The number of oxime groups is 1. The molecule has 0 saturated heterocycles. The van der Waals surface area contributed by atoms with Crippen LogP contribution in [0.15, 0.2) is 17.3 Å². The van der Waals surface area contributed by atoms with Gasteiger partial charge in [0.1, 0.15) is 11.3 Å². The standard InChI is InChI=1S/C15H18F5N3O3S/c1-14(2)8-10(22-26-14)27(24,25)7-5-4-6-9-11(13(16)17)23(3)21-12(9)15(18,19)20/h4-5,13H,6-8H2,1-3H3. The number of alkyl halides is 5. The van der Waals surface area contributed by atoms with Crippen molar-refractivity contribution in [2.24, 2.45) is 12.2 Å². The van der Waals surface area contributed by atoms with E-state index >= 15 is 0 Å². The predicted octanol–water partition coefficient (Wildman–Crippen LogP) is 3.40. The molecule has 0 saturated carbocycles. The van der Waals surface area contributed by atoms with Crippen molar-refractivity contribution in [3.63, 3.8) is 0 Å². The molecule has 12 heteroatoms. The largest absolute Gasteiger partial charge is 0.435 e. The number of sulfone groups is 1. The normalized spacial score (nSPS) is 17.6. The molecular formula is C15H18F5N3O3S. The zero-order valence-electron chi connectivity index (χ0n) is 14.7. The Morgan fingerprint density at radius 2 is 1.93 bits per heavy atom. The van der Waals surface area contributed by atoms with Crippen molar-refractivity contribution in [1.82, 2.24) is 9.78 Å². The van der Waals surface area contributed by atoms with Gasteiger partial charge in [-0.15, -0.1) is 0 Å². The first-order valence-corrected chi connectivity index (χ1v) is 9.44. The van der Waals surface area contributed by atoms with Gasteiger partial charge in [-0.2, -0.15) is 18.3 Å². The SMILES string of the molecule is Cn1nc(C(F)(F)F)c(CC=CCS(=O)(=O)C2=NOC(C)(C)C2)c1C(F)F. The van der Waals surface area contributed by atoms with Gasteiger partial charge in [-0.05, 0) is 20.3 Å². The molecule has 0 unspecified atom stereocenters. The molecule has 0 radical (unpaired) electrons. The average Bonchev–Trinajstić information content (AvgIpc) is 3.03. The first kappa shape index (κ1) is 21.3. The molecule has 0 aliphatic carbocycles. The van der Waals surface area contributed by atoms with Gasteiger partial charge in [0.05, 0.1) is 5.75 Å². The highest BCUT2D eigenvalue weighted by atomic mass is 32.2. The summed E-state index contributed by atoms with van der Waals surface area (Å²) in [5.41, 5.74) is -3.71. The van der Waals surface area contributed by atoms with Crippen molar-refractivity contribution < 1.29 is 35.2 Å². The molecule has 0 atom stereocenters. The molecule has 1 aliphatic rings. The van der Waals surface area contributed by atoms with Gasteiger partial charge in [-0.1, -0.05) is 17.3 Å². The summed E-state index contributed by atoms with van der Waals surface area (Å²) < 4.78 is 90.0. The molecule has 2 rings (SSSR count). The van der Waals surface area contributed by atoms with Crippen LogP contribution in [0.5, 0.6) is 0 Å². The lowest BCUT2D eigenvalue weighted by molar-refractivity contribution is -0.142. The average molecular weight is 415 g/mol. The minimum atomic E-state index is -4.90. The lowest BCUT2D eigenvalue weighted by Gasteiger charge is -2.12. The second-order valence-corrected chi connectivity index (χ2v) is 8.64. The van der Waals surface area contributed by atoms with Gasteiger partial charge >= 0.3 is 6.18 Å². The number of aromatic nitrogens is 2. The highest BCUT2D eigenvalue weighted by Crippen LogP contribution is 2.36. The summed E-state index contributed by atoms with van der Waals surface area (Å²) >= 11 is 0. The molecule has 0 N–H and O–H groups in total. The molecule has 0 aromatic carbocycles. The van der Waals surface area contributed by atoms with E-state index < -0.39 is 57.2 Å². The number of halogens is 5. The molecule has 6 nitrogen and oxygen atoms in total. The van der Waals surface area contributed by atoms with E-state index in [0.717, 1.165) is 19.2 Å². The van der Waals surface area contributed by atoms with Crippen LogP contribution in [0.1, 0.15) is 43.6 Å². The summed E-state index contributed by atoms with van der Waals surface area (Å²) in [5.74, 6) is -0.531. The van der Waals surface area contributed by atoms with Crippen molar-refractivity contribution in [2.45, 2.75) is 44.9 Å². The molecule has 1 aromatic heterocycles. The fraction of sp³-hybridized carbons (Fsp3) is 0.600. The van der Waals surface area contributed by atoms with E-state index in [-0.39, 0.29) is 11.5 Å². The Morgan fingerprint density at radius 3 is 2.41 bits per heavy atom. The second kappa shape index (κ2) is 7.21. The Labute approximate surface area is 152 Å². The number of nitrogens with zero attached hydrogens (tertiary/aromatic N) is 3. The number of rotatable bonds is 5. The summed E-state index contributed by atoms with van der Waals surface area (Å²) in [7, 11) is -2.80. The van der Waals surface area contributed by atoms with E-state index in [9.17, 15) is 30.4 Å². The van der Waals surface area contributed by atoms with Gasteiger partial charge in [0.2, 0.25) is 0 Å². The summed E-state index contributed by atoms with van der Waals surface area (Å²) in [5, 5.41) is 6.49. The van der Waals surface area contributed by atoms with E-state index in [1.54, 1.807) is 13.8 Å². The minimum absolute atomic E-state index is 0.0690. The Hall–Kier alpha value is -1.98. The van der Waals surface area contributed by atoms with E-state index in [1.165, 1.54) is 0 Å². The number of hydrogen-bond donors (Lipinski definition) is 0. The highest BCUT2D eigenvalue weighted by molar-refractivity contribution is 8.06. The Bertz CT molecular complexity index is 870. The van der Waals surface area contributed by atoms with Crippen molar-refractivity contribution in [3.8, 4) is 0 Å². The monoisotopic (exact) mass is 415 g/mol. The van der Waals surface area contributed by atoms with Crippen molar-refractivity contribution in [3.05, 3.63) is 29.1 Å². The smallest absolute Gasteiger partial charge is 0.389 e. The summed E-state index contributed by atoms with van der Waals surface area (Å²) in [6.45, 7) is 3.31. The molecule has 152 valence electrons. The topological polar surface area (TPSA) is 73.5 Å². The van der Waals surface area contributed by atoms with Gasteiger partial charge in [0, 0.05) is 19.0 Å². The van der Waals surface area contributed by atoms with Crippen LogP contribution in [0.25, 0.3) is 0 Å². The molecule has 27 heavy (non-hydrogen) atoms. The van der Waals surface area contributed by atoms with Gasteiger partial charge in [-0.25, -0.2) is 17.2 Å². The molecule has 0 spiro atoms. The third-order valence-corrected chi connectivity index (χ3v) is 5.37. The van der Waals surface area contributed by atoms with Crippen LogP contribution in [-0.4, -0.2) is 34.6 Å². The fourth-order valence-electron chi connectivity index (χ4n) is 2.54. The molecule has 2 heterocycles. The van der Waals surface area contributed by atoms with E-state index in [2.05, 4.69) is 10.3 Å². The maximum absolute atomic E-state index is 13.1. The number of aryl methyl sites for hydroxylation is 1. The molecule has 1 aromatic rings. The van der Waals surface area contributed by atoms with Gasteiger partial charge in [-0.3, -0.25) is 4.68 Å². The van der Waals surface area contributed by atoms with Gasteiger partial charge in [0.15, 0.2) is 20.6 Å². The van der Waals surface area contributed by atoms with Crippen LogP contribution in [0.2, 0.25) is 0 Å². The molecule has 1 aliphatic heterocycles. The molecule has 0 bridgehead atoms. The summed E-state index contributed by atoms with van der Waals surface area (Å²) in [6, 6.07) is 0. The van der Waals surface area contributed by atoms with Crippen molar-refractivity contribution in [2.75, 3.05) is 5.75 Å². The van der Waals surface area contributed by atoms with Crippen molar-refractivity contribution in [1.29, 1.82) is 0 Å². The third-order valence-electron chi connectivity index (χ3n) is 3.80. The van der Waals surface area contributed by atoms with E-state index in [1.807, 2.05) is 0 Å². The highest BCUT2D eigenvalue weighted by Gasteiger charge is 2.40. The zero-order valence-corrected chi connectivity index (χ0v) is 15.5. The van der Waals surface area contributed by atoms with Crippen LogP contribution >= 0.6 is 0 Å². The van der Waals surface area contributed by atoms with E-state index in [4.69, 9.17) is 4.84 Å². The zero-order chi connectivity index (χ0) is 20.6. The van der Waals surface area contributed by atoms with Gasteiger partial charge < -0.3 is 4.84 Å². The minimum Gasteiger partial charge on any atom is -0.389 e. The van der Waals surface area contributed by atoms with Crippen molar-refractivity contribution >= 4 is 14.9 Å². The lowest BCUT2D eigenvalue weighted by atomic mass is 10.1. The van der Waals surface area contributed by atoms with Crippen LogP contribution < -0.4 is 0 Å². The van der Waals surface area contributed by atoms with Crippen LogP contribution in [0, 0.1) is 0 Å². The summed E-state index contributed by atoms with van der Waals surface area (Å²) in [6.07, 6.45) is -6.33. The quantitative estimate of drug-likeness (QED) is 0.546. The molecule has 0 fully saturated rings. The second-order valence-electron chi connectivity index (χ2n) is 6.60. The van der Waals surface area contributed by atoms with E-state index in [0.29, 0.717) is 4.68 Å². The fourth-order valence-corrected chi connectivity index (χ4v) is 3.85. The van der Waals surface area contributed by atoms with Crippen LogP contribution in [-0.2, 0) is 34.3 Å².